The van der Waals surface area contributed by atoms with Crippen LogP contribution >= 0.6 is 15.9 Å². The lowest BCUT2D eigenvalue weighted by molar-refractivity contribution is -0.131. The van der Waals surface area contributed by atoms with Crippen LogP contribution in [0.1, 0.15) is 24.2 Å². The third-order valence-corrected chi connectivity index (χ3v) is 4.08. The molecule has 0 unspecified atom stereocenters. The molecule has 0 aromatic heterocycles. The van der Waals surface area contributed by atoms with Gasteiger partial charge in [0, 0.05) is 13.1 Å². The molecule has 1 aromatic carbocycles. The van der Waals surface area contributed by atoms with Crippen molar-refractivity contribution in [3.05, 3.63) is 28.0 Å². The highest BCUT2D eigenvalue weighted by molar-refractivity contribution is 9.10. The summed E-state index contributed by atoms with van der Waals surface area (Å²) in [6, 6.07) is 2.32. The molecule has 0 N–H and O–H groups in total. The lowest BCUT2D eigenvalue weighted by Gasteiger charge is -2.24. The molecule has 0 atom stereocenters. The Kier molecular flexibility index (Phi) is 4.13. The topological polar surface area (TPSA) is 57.7 Å². The standard InChI is InChI=1S/C14H14BrFN2O3/c1-7(2)17(3)12(19)6-18-11-5-10(16)9(15)4-8(11)13(20)14(18)21/h4-5,7H,6H2,1-3H3. The Labute approximate surface area is 129 Å². The normalized spacial score (nSPS) is 13.9. The minimum atomic E-state index is -0.812. The van der Waals surface area contributed by atoms with Gasteiger partial charge in [0.05, 0.1) is 15.7 Å². The molecular formula is C14H14BrFN2O3. The number of benzene rings is 1. The van der Waals surface area contributed by atoms with E-state index in [9.17, 15) is 18.8 Å². The van der Waals surface area contributed by atoms with Crippen molar-refractivity contribution in [2.24, 2.45) is 0 Å². The van der Waals surface area contributed by atoms with Crippen LogP contribution in [0.15, 0.2) is 16.6 Å². The maximum atomic E-state index is 13.6. The molecule has 0 spiro atoms. The van der Waals surface area contributed by atoms with Gasteiger partial charge in [-0.15, -0.1) is 0 Å². The fourth-order valence-corrected chi connectivity index (χ4v) is 2.32. The van der Waals surface area contributed by atoms with E-state index in [4.69, 9.17) is 0 Å². The van der Waals surface area contributed by atoms with Crippen molar-refractivity contribution in [3.63, 3.8) is 0 Å². The highest BCUT2D eigenvalue weighted by Gasteiger charge is 2.38. The van der Waals surface area contributed by atoms with E-state index < -0.39 is 17.5 Å². The number of carbonyl (C=O) groups excluding carboxylic acids is 3. The first kappa shape index (κ1) is 15.6. The van der Waals surface area contributed by atoms with E-state index in [0.29, 0.717) is 0 Å². The Hall–Kier alpha value is -1.76. The second kappa shape index (κ2) is 5.55. The second-order valence-corrected chi connectivity index (χ2v) is 5.96. The van der Waals surface area contributed by atoms with Gasteiger partial charge >= 0.3 is 0 Å². The van der Waals surface area contributed by atoms with Crippen LogP contribution in [-0.2, 0) is 9.59 Å². The van der Waals surface area contributed by atoms with Crippen molar-refractivity contribution in [3.8, 4) is 0 Å². The third-order valence-electron chi connectivity index (χ3n) is 3.47. The van der Waals surface area contributed by atoms with Crippen molar-refractivity contribution in [1.82, 2.24) is 4.90 Å². The molecule has 21 heavy (non-hydrogen) atoms. The van der Waals surface area contributed by atoms with E-state index in [1.807, 2.05) is 13.8 Å². The summed E-state index contributed by atoms with van der Waals surface area (Å²) < 4.78 is 13.7. The SMILES string of the molecule is CC(C)N(C)C(=O)CN1C(=O)C(=O)c2cc(Br)c(F)cc21. The number of likely N-dealkylation sites (N-methyl/N-ethyl adjacent to an activating group) is 1. The van der Waals surface area contributed by atoms with Gasteiger partial charge in [-0.1, -0.05) is 0 Å². The number of rotatable bonds is 3. The summed E-state index contributed by atoms with van der Waals surface area (Å²) in [5, 5.41) is 0. The molecule has 1 aromatic rings. The molecule has 1 aliphatic heterocycles. The molecule has 7 heteroatoms. The molecule has 0 aliphatic carbocycles. The Bertz CT molecular complexity index is 645. The van der Waals surface area contributed by atoms with Gasteiger partial charge < -0.3 is 4.90 Å². The van der Waals surface area contributed by atoms with Gasteiger partial charge in [0.1, 0.15) is 12.4 Å². The average Bonchev–Trinajstić information content (AvgIpc) is 2.64. The van der Waals surface area contributed by atoms with Crippen LogP contribution in [0, 0.1) is 5.82 Å². The van der Waals surface area contributed by atoms with E-state index in [0.717, 1.165) is 11.0 Å². The van der Waals surface area contributed by atoms with Crippen LogP contribution in [0.4, 0.5) is 10.1 Å². The number of fused-ring (bicyclic) bond motifs is 1. The molecule has 0 fully saturated rings. The summed E-state index contributed by atoms with van der Waals surface area (Å²) in [7, 11) is 1.61. The zero-order valence-corrected chi connectivity index (χ0v) is 13.4. The molecule has 0 radical (unpaired) electrons. The molecule has 112 valence electrons. The zero-order chi connectivity index (χ0) is 15.9. The van der Waals surface area contributed by atoms with Gasteiger partial charge in [0.15, 0.2) is 0 Å². The summed E-state index contributed by atoms with van der Waals surface area (Å²) in [5.41, 5.74) is 0.240. The molecule has 0 saturated heterocycles. The van der Waals surface area contributed by atoms with Crippen LogP contribution in [0.25, 0.3) is 0 Å². The monoisotopic (exact) mass is 356 g/mol. The van der Waals surface area contributed by atoms with Gasteiger partial charge in [0.2, 0.25) is 5.91 Å². The largest absolute Gasteiger partial charge is 0.342 e. The average molecular weight is 357 g/mol. The fraction of sp³-hybridized carbons (Fsp3) is 0.357. The third kappa shape index (κ3) is 2.70. The predicted octanol–water partition coefficient (Wildman–Crippen LogP) is 1.98. The number of ketones is 1. The number of halogens is 2. The molecular weight excluding hydrogens is 343 g/mol. The molecule has 0 bridgehead atoms. The first-order valence-corrected chi connectivity index (χ1v) is 7.14. The summed E-state index contributed by atoms with van der Waals surface area (Å²) in [6.07, 6.45) is 0. The lowest BCUT2D eigenvalue weighted by Crippen LogP contribution is -2.43. The molecule has 2 rings (SSSR count). The van der Waals surface area contributed by atoms with Gasteiger partial charge in [-0.05, 0) is 41.9 Å². The number of hydrogen-bond donors (Lipinski definition) is 0. The Balaban J connectivity index is 2.35. The lowest BCUT2D eigenvalue weighted by atomic mass is 10.1. The molecule has 1 aliphatic rings. The van der Waals surface area contributed by atoms with Crippen molar-refractivity contribution in [2.45, 2.75) is 19.9 Å². The van der Waals surface area contributed by atoms with Gasteiger partial charge in [-0.3, -0.25) is 19.3 Å². The minimum Gasteiger partial charge on any atom is -0.342 e. The minimum absolute atomic E-state index is 0.0352. The highest BCUT2D eigenvalue weighted by Crippen LogP contribution is 2.33. The number of nitrogens with zero attached hydrogens (tertiary/aromatic N) is 2. The maximum Gasteiger partial charge on any atom is 0.299 e. The first-order valence-electron chi connectivity index (χ1n) is 6.35. The van der Waals surface area contributed by atoms with E-state index in [1.54, 1.807) is 7.05 Å². The van der Waals surface area contributed by atoms with E-state index in [2.05, 4.69) is 15.9 Å². The van der Waals surface area contributed by atoms with E-state index in [-0.39, 0.29) is 34.2 Å². The quantitative estimate of drug-likeness (QED) is 0.778. The molecule has 1 heterocycles. The van der Waals surface area contributed by atoms with Gasteiger partial charge in [0.25, 0.3) is 11.7 Å². The Morgan fingerprint density at radius 1 is 1.38 bits per heavy atom. The second-order valence-electron chi connectivity index (χ2n) is 5.10. The predicted molar refractivity (Wildman–Crippen MR) is 78.7 cm³/mol. The molecule has 0 saturated carbocycles. The summed E-state index contributed by atoms with van der Waals surface area (Å²) >= 11 is 2.98. The van der Waals surface area contributed by atoms with Crippen molar-refractivity contribution >= 4 is 39.2 Å². The van der Waals surface area contributed by atoms with Crippen molar-refractivity contribution in [2.75, 3.05) is 18.5 Å². The number of hydrogen-bond acceptors (Lipinski definition) is 3. The maximum absolute atomic E-state index is 13.6. The van der Waals surface area contributed by atoms with Crippen LogP contribution < -0.4 is 4.90 Å². The first-order chi connectivity index (χ1) is 9.73. The smallest absolute Gasteiger partial charge is 0.299 e. The van der Waals surface area contributed by atoms with Gasteiger partial charge in [-0.25, -0.2) is 4.39 Å². The summed E-state index contributed by atoms with van der Waals surface area (Å²) in [6.45, 7) is 3.38. The zero-order valence-electron chi connectivity index (χ0n) is 11.8. The summed E-state index contributed by atoms with van der Waals surface area (Å²) in [4.78, 5) is 38.4. The number of carbonyl (C=O) groups is 3. The van der Waals surface area contributed by atoms with E-state index in [1.165, 1.54) is 11.0 Å². The molecule has 5 nitrogen and oxygen atoms in total. The van der Waals surface area contributed by atoms with Crippen LogP contribution in [0.2, 0.25) is 0 Å². The molecule has 2 amide bonds. The summed E-state index contributed by atoms with van der Waals surface area (Å²) in [5.74, 6) is -2.45. The number of amides is 2. The Morgan fingerprint density at radius 3 is 2.57 bits per heavy atom. The van der Waals surface area contributed by atoms with Crippen LogP contribution in [0.5, 0.6) is 0 Å². The number of Topliss-reactive ketones (excluding diaryl/α,β-unsaturated/α-hetero) is 1. The van der Waals surface area contributed by atoms with Gasteiger partial charge in [-0.2, -0.15) is 0 Å². The van der Waals surface area contributed by atoms with Crippen LogP contribution in [0.3, 0.4) is 0 Å². The van der Waals surface area contributed by atoms with Crippen LogP contribution in [-0.4, -0.2) is 42.1 Å². The van der Waals surface area contributed by atoms with E-state index >= 15 is 0 Å². The van der Waals surface area contributed by atoms with Crippen molar-refractivity contribution in [1.29, 1.82) is 0 Å². The van der Waals surface area contributed by atoms with Crippen molar-refractivity contribution < 1.29 is 18.8 Å². The highest BCUT2D eigenvalue weighted by atomic mass is 79.9. The fourth-order valence-electron chi connectivity index (χ4n) is 1.98. The Morgan fingerprint density at radius 2 is 2.00 bits per heavy atom. The number of anilines is 1.